The first-order valence-electron chi connectivity index (χ1n) is 6.74. The first kappa shape index (κ1) is 12.6. The van der Waals surface area contributed by atoms with Crippen LogP contribution >= 0.6 is 11.3 Å². The molecule has 0 spiro atoms. The van der Waals surface area contributed by atoms with Gasteiger partial charge in [0.2, 0.25) is 0 Å². The second kappa shape index (κ2) is 5.72. The summed E-state index contributed by atoms with van der Waals surface area (Å²) in [4.78, 5) is 8.05. The lowest BCUT2D eigenvalue weighted by Crippen LogP contribution is -2.15. The van der Waals surface area contributed by atoms with Crippen LogP contribution in [0.25, 0.3) is 0 Å². The van der Waals surface area contributed by atoms with E-state index in [0.29, 0.717) is 0 Å². The van der Waals surface area contributed by atoms with Gasteiger partial charge in [0.05, 0.1) is 0 Å². The molecule has 3 rings (SSSR count). The van der Waals surface area contributed by atoms with E-state index in [1.165, 1.54) is 23.3 Å². The predicted octanol–water partition coefficient (Wildman–Crippen LogP) is 3.03. The quantitative estimate of drug-likeness (QED) is 0.877. The minimum atomic E-state index is 0.757. The van der Waals surface area contributed by atoms with Gasteiger partial charge in [-0.1, -0.05) is 30.3 Å². The number of rotatable bonds is 6. The van der Waals surface area contributed by atoms with Gasteiger partial charge in [-0.2, -0.15) is 0 Å². The Labute approximate surface area is 118 Å². The predicted molar refractivity (Wildman–Crippen MR) is 80.5 cm³/mol. The van der Waals surface area contributed by atoms with Gasteiger partial charge < -0.3 is 10.2 Å². The highest BCUT2D eigenvalue weighted by Gasteiger charge is 2.20. The van der Waals surface area contributed by atoms with Crippen LogP contribution in [0.2, 0.25) is 0 Å². The molecule has 0 amide bonds. The van der Waals surface area contributed by atoms with Gasteiger partial charge in [-0.25, -0.2) is 4.98 Å². The van der Waals surface area contributed by atoms with Crippen molar-refractivity contribution in [3.8, 4) is 0 Å². The van der Waals surface area contributed by atoms with Gasteiger partial charge in [-0.15, -0.1) is 11.3 Å². The SMILES string of the molecule is CN(Cc1ccccc1)c1ncc(CNC2CC2)s1. The molecule has 4 heteroatoms. The Morgan fingerprint density at radius 2 is 2.11 bits per heavy atom. The molecule has 1 aromatic heterocycles. The smallest absolute Gasteiger partial charge is 0.185 e. The van der Waals surface area contributed by atoms with Gasteiger partial charge in [0.15, 0.2) is 5.13 Å². The standard InChI is InChI=1S/C15H19N3S/c1-18(11-12-5-3-2-4-6-12)15-17-10-14(19-15)9-16-13-7-8-13/h2-6,10,13,16H,7-9,11H2,1H3. The lowest BCUT2D eigenvalue weighted by Gasteiger charge is -2.15. The highest BCUT2D eigenvalue weighted by molar-refractivity contribution is 7.15. The molecule has 0 unspecified atom stereocenters. The third kappa shape index (κ3) is 3.55. The van der Waals surface area contributed by atoms with E-state index in [4.69, 9.17) is 0 Å². The van der Waals surface area contributed by atoms with E-state index in [-0.39, 0.29) is 0 Å². The largest absolute Gasteiger partial charge is 0.347 e. The van der Waals surface area contributed by atoms with E-state index in [9.17, 15) is 0 Å². The summed E-state index contributed by atoms with van der Waals surface area (Å²) < 4.78 is 0. The summed E-state index contributed by atoms with van der Waals surface area (Å²) in [5, 5.41) is 4.62. The van der Waals surface area contributed by atoms with Crippen molar-refractivity contribution in [1.29, 1.82) is 0 Å². The molecule has 0 aliphatic heterocycles. The zero-order valence-electron chi connectivity index (χ0n) is 11.2. The summed E-state index contributed by atoms with van der Waals surface area (Å²) in [6, 6.07) is 11.3. The zero-order valence-corrected chi connectivity index (χ0v) is 12.0. The lowest BCUT2D eigenvalue weighted by atomic mass is 10.2. The highest BCUT2D eigenvalue weighted by atomic mass is 32.1. The number of thiazole rings is 1. The molecule has 0 bridgehead atoms. The van der Waals surface area contributed by atoms with Crippen LogP contribution in [0.5, 0.6) is 0 Å². The van der Waals surface area contributed by atoms with Gasteiger partial charge in [-0.05, 0) is 18.4 Å². The summed E-state index contributed by atoms with van der Waals surface area (Å²) in [6.45, 7) is 1.87. The van der Waals surface area contributed by atoms with Crippen LogP contribution in [-0.4, -0.2) is 18.1 Å². The minimum Gasteiger partial charge on any atom is -0.347 e. The van der Waals surface area contributed by atoms with Crippen LogP contribution in [0.1, 0.15) is 23.3 Å². The van der Waals surface area contributed by atoms with Crippen molar-refractivity contribution in [3.63, 3.8) is 0 Å². The molecule has 1 saturated carbocycles. The molecule has 1 aromatic carbocycles. The van der Waals surface area contributed by atoms with Crippen molar-refractivity contribution >= 4 is 16.5 Å². The Kier molecular flexibility index (Phi) is 3.80. The van der Waals surface area contributed by atoms with Gasteiger partial charge in [0.25, 0.3) is 0 Å². The van der Waals surface area contributed by atoms with E-state index in [0.717, 1.165) is 24.3 Å². The minimum absolute atomic E-state index is 0.757. The van der Waals surface area contributed by atoms with Gasteiger partial charge >= 0.3 is 0 Å². The van der Waals surface area contributed by atoms with Crippen LogP contribution in [0.4, 0.5) is 5.13 Å². The van der Waals surface area contributed by atoms with E-state index in [2.05, 4.69) is 52.6 Å². The fraction of sp³-hybridized carbons (Fsp3) is 0.400. The third-order valence-electron chi connectivity index (χ3n) is 3.27. The van der Waals surface area contributed by atoms with E-state index < -0.39 is 0 Å². The number of benzene rings is 1. The maximum atomic E-state index is 4.52. The molecule has 0 atom stereocenters. The fourth-order valence-corrected chi connectivity index (χ4v) is 2.83. The summed E-state index contributed by atoms with van der Waals surface area (Å²) in [6.07, 6.45) is 4.66. The number of nitrogens with zero attached hydrogens (tertiary/aromatic N) is 2. The lowest BCUT2D eigenvalue weighted by molar-refractivity contribution is 0.694. The molecule has 0 saturated heterocycles. The number of nitrogens with one attached hydrogen (secondary N) is 1. The normalized spacial score (nSPS) is 14.6. The average Bonchev–Trinajstić information content (AvgIpc) is 3.14. The number of hydrogen-bond donors (Lipinski definition) is 1. The monoisotopic (exact) mass is 273 g/mol. The Balaban J connectivity index is 1.58. The summed E-state index contributed by atoms with van der Waals surface area (Å²) in [5.41, 5.74) is 1.32. The molecule has 1 aliphatic rings. The van der Waals surface area contributed by atoms with Crippen LogP contribution in [-0.2, 0) is 13.1 Å². The van der Waals surface area contributed by atoms with E-state index in [1.807, 2.05) is 6.20 Å². The third-order valence-corrected chi connectivity index (χ3v) is 4.38. The van der Waals surface area contributed by atoms with E-state index >= 15 is 0 Å². The number of hydrogen-bond acceptors (Lipinski definition) is 4. The molecule has 1 aliphatic carbocycles. The van der Waals surface area contributed by atoms with Crippen LogP contribution in [0.15, 0.2) is 36.5 Å². The van der Waals surface area contributed by atoms with Gasteiger partial charge in [-0.3, -0.25) is 0 Å². The fourth-order valence-electron chi connectivity index (χ4n) is 2.01. The average molecular weight is 273 g/mol. The molecule has 3 nitrogen and oxygen atoms in total. The molecule has 1 N–H and O–H groups in total. The molecular weight excluding hydrogens is 254 g/mol. The number of aromatic nitrogens is 1. The zero-order chi connectivity index (χ0) is 13.1. The Hall–Kier alpha value is -1.39. The maximum Gasteiger partial charge on any atom is 0.185 e. The van der Waals surface area contributed by atoms with Crippen LogP contribution < -0.4 is 10.2 Å². The van der Waals surface area contributed by atoms with Gasteiger partial charge in [0, 0.05) is 37.3 Å². The second-order valence-electron chi connectivity index (χ2n) is 5.11. The Morgan fingerprint density at radius 3 is 2.84 bits per heavy atom. The van der Waals surface area contributed by atoms with Crippen molar-refractivity contribution in [2.45, 2.75) is 32.0 Å². The Bertz CT molecular complexity index is 519. The first-order chi connectivity index (χ1) is 9.31. The van der Waals surface area contributed by atoms with Crippen molar-refractivity contribution in [1.82, 2.24) is 10.3 Å². The van der Waals surface area contributed by atoms with Crippen LogP contribution in [0.3, 0.4) is 0 Å². The highest BCUT2D eigenvalue weighted by Crippen LogP contribution is 2.24. The maximum absolute atomic E-state index is 4.52. The second-order valence-corrected chi connectivity index (χ2v) is 6.20. The van der Waals surface area contributed by atoms with Gasteiger partial charge in [0.1, 0.15) is 0 Å². The molecular formula is C15H19N3S. The summed E-state index contributed by atoms with van der Waals surface area (Å²) >= 11 is 1.78. The molecule has 100 valence electrons. The van der Waals surface area contributed by atoms with E-state index in [1.54, 1.807) is 11.3 Å². The Morgan fingerprint density at radius 1 is 1.32 bits per heavy atom. The topological polar surface area (TPSA) is 28.2 Å². The summed E-state index contributed by atoms with van der Waals surface area (Å²) in [5.74, 6) is 0. The molecule has 0 radical (unpaired) electrons. The van der Waals surface area contributed by atoms with Crippen molar-refractivity contribution in [2.75, 3.05) is 11.9 Å². The van der Waals surface area contributed by atoms with Crippen molar-refractivity contribution in [2.24, 2.45) is 0 Å². The molecule has 1 heterocycles. The first-order valence-corrected chi connectivity index (χ1v) is 7.56. The van der Waals surface area contributed by atoms with Crippen LogP contribution in [0, 0.1) is 0 Å². The molecule has 1 fully saturated rings. The number of anilines is 1. The van der Waals surface area contributed by atoms with Crippen molar-refractivity contribution < 1.29 is 0 Å². The van der Waals surface area contributed by atoms with Crippen molar-refractivity contribution in [3.05, 3.63) is 47.0 Å². The molecule has 2 aromatic rings. The molecule has 19 heavy (non-hydrogen) atoms. The summed E-state index contributed by atoms with van der Waals surface area (Å²) in [7, 11) is 2.10.